The van der Waals surface area contributed by atoms with Gasteiger partial charge in [-0.15, -0.1) is 0 Å². The van der Waals surface area contributed by atoms with E-state index < -0.39 is 0 Å². The Morgan fingerprint density at radius 2 is 1.96 bits per heavy atom. The van der Waals surface area contributed by atoms with E-state index in [1.807, 2.05) is 24.3 Å². The van der Waals surface area contributed by atoms with Gasteiger partial charge in [0.25, 0.3) is 0 Å². The van der Waals surface area contributed by atoms with Crippen LogP contribution in [-0.4, -0.2) is 37.6 Å². The van der Waals surface area contributed by atoms with Crippen LogP contribution in [-0.2, 0) is 17.9 Å². The first-order valence-electron chi connectivity index (χ1n) is 9.47. The lowest BCUT2D eigenvalue weighted by molar-refractivity contribution is -0.122. The van der Waals surface area contributed by atoms with Gasteiger partial charge in [-0.2, -0.15) is 0 Å². The number of methoxy groups -OCH3 is 2. The first kappa shape index (κ1) is 20.1. The quantitative estimate of drug-likeness (QED) is 0.717. The van der Waals surface area contributed by atoms with Gasteiger partial charge in [-0.25, -0.2) is 4.39 Å². The van der Waals surface area contributed by atoms with Crippen molar-refractivity contribution < 1.29 is 18.7 Å². The van der Waals surface area contributed by atoms with Crippen molar-refractivity contribution in [3.8, 4) is 11.5 Å². The van der Waals surface area contributed by atoms with E-state index in [0.717, 1.165) is 35.5 Å². The summed E-state index contributed by atoms with van der Waals surface area (Å²) >= 11 is 0. The lowest BCUT2D eigenvalue weighted by atomic mass is 10.1. The van der Waals surface area contributed by atoms with Crippen LogP contribution in [0.3, 0.4) is 0 Å². The molecule has 0 atom stereocenters. The normalized spacial score (nSPS) is 13.5. The zero-order valence-corrected chi connectivity index (χ0v) is 16.6. The fraction of sp³-hybridized carbons (Fsp3) is 0.409. The number of aryl methyl sites for hydroxylation is 1. The molecule has 1 aliphatic carbocycles. The number of ether oxygens (including phenoxy) is 2. The van der Waals surface area contributed by atoms with E-state index in [2.05, 4.69) is 10.2 Å². The maximum atomic E-state index is 13.7. The molecule has 1 fully saturated rings. The van der Waals surface area contributed by atoms with E-state index in [1.54, 1.807) is 27.2 Å². The molecule has 1 saturated carbocycles. The minimum absolute atomic E-state index is 0.0743. The zero-order valence-electron chi connectivity index (χ0n) is 16.6. The average molecular weight is 386 g/mol. The van der Waals surface area contributed by atoms with Crippen molar-refractivity contribution in [1.82, 2.24) is 10.2 Å². The maximum Gasteiger partial charge on any atom is 0.234 e. The van der Waals surface area contributed by atoms with E-state index in [9.17, 15) is 9.18 Å². The summed E-state index contributed by atoms with van der Waals surface area (Å²) < 4.78 is 24.4. The molecular weight excluding hydrogens is 359 g/mol. The molecule has 1 amide bonds. The molecule has 2 aromatic rings. The SMILES string of the molecule is COc1ccc(OC)c(CN(CC(=O)NCc2ccc(C)c(F)c2)C2CC2)c1. The number of amides is 1. The van der Waals surface area contributed by atoms with E-state index in [-0.39, 0.29) is 11.7 Å². The summed E-state index contributed by atoms with van der Waals surface area (Å²) in [5.41, 5.74) is 2.34. The van der Waals surface area contributed by atoms with Crippen LogP contribution >= 0.6 is 0 Å². The molecule has 0 spiro atoms. The van der Waals surface area contributed by atoms with E-state index in [0.29, 0.717) is 31.2 Å². The summed E-state index contributed by atoms with van der Waals surface area (Å²) in [5.74, 6) is 1.21. The Morgan fingerprint density at radius 3 is 2.61 bits per heavy atom. The molecule has 28 heavy (non-hydrogen) atoms. The summed E-state index contributed by atoms with van der Waals surface area (Å²) in [6.07, 6.45) is 2.17. The summed E-state index contributed by atoms with van der Waals surface area (Å²) in [6, 6.07) is 11.1. The van der Waals surface area contributed by atoms with Crippen molar-refractivity contribution in [1.29, 1.82) is 0 Å². The lowest BCUT2D eigenvalue weighted by Gasteiger charge is -2.23. The highest BCUT2D eigenvalue weighted by atomic mass is 19.1. The van der Waals surface area contributed by atoms with Crippen molar-refractivity contribution in [3.63, 3.8) is 0 Å². The predicted molar refractivity (Wildman–Crippen MR) is 106 cm³/mol. The molecule has 0 bridgehead atoms. The van der Waals surface area contributed by atoms with E-state index in [1.165, 1.54) is 6.07 Å². The number of carbonyl (C=O) groups excluding carboxylic acids is 1. The van der Waals surface area contributed by atoms with E-state index >= 15 is 0 Å². The number of rotatable bonds is 9. The van der Waals surface area contributed by atoms with Gasteiger partial charge in [0.1, 0.15) is 17.3 Å². The van der Waals surface area contributed by atoms with Gasteiger partial charge >= 0.3 is 0 Å². The molecule has 150 valence electrons. The minimum atomic E-state index is -0.253. The van der Waals surface area contributed by atoms with Gasteiger partial charge in [-0.1, -0.05) is 12.1 Å². The Balaban J connectivity index is 1.61. The molecule has 3 rings (SSSR count). The van der Waals surface area contributed by atoms with Gasteiger partial charge in [-0.3, -0.25) is 9.69 Å². The number of hydrogen-bond acceptors (Lipinski definition) is 4. The van der Waals surface area contributed by atoms with Gasteiger partial charge in [0.05, 0.1) is 20.8 Å². The third-order valence-electron chi connectivity index (χ3n) is 5.00. The smallest absolute Gasteiger partial charge is 0.234 e. The molecule has 0 heterocycles. The molecular formula is C22H27FN2O3. The third kappa shape index (κ3) is 5.23. The summed E-state index contributed by atoms with van der Waals surface area (Å²) in [5, 5.41) is 2.89. The third-order valence-corrected chi connectivity index (χ3v) is 5.00. The largest absolute Gasteiger partial charge is 0.497 e. The number of halogens is 1. The predicted octanol–water partition coefficient (Wildman–Crippen LogP) is 3.43. The zero-order chi connectivity index (χ0) is 20.1. The summed E-state index contributed by atoms with van der Waals surface area (Å²) in [4.78, 5) is 14.6. The van der Waals surface area contributed by atoms with Crippen LogP contribution in [0.1, 0.15) is 29.5 Å². The molecule has 5 nitrogen and oxygen atoms in total. The van der Waals surface area contributed by atoms with Crippen molar-refractivity contribution in [2.24, 2.45) is 0 Å². The van der Waals surface area contributed by atoms with Gasteiger partial charge in [-0.05, 0) is 55.2 Å². The molecule has 0 radical (unpaired) electrons. The monoisotopic (exact) mass is 386 g/mol. The first-order chi connectivity index (χ1) is 13.5. The Bertz CT molecular complexity index is 837. The van der Waals surface area contributed by atoms with Crippen LogP contribution in [0.25, 0.3) is 0 Å². The van der Waals surface area contributed by atoms with Gasteiger partial charge in [0.2, 0.25) is 5.91 Å². The highest BCUT2D eigenvalue weighted by Crippen LogP contribution is 2.31. The molecule has 1 aliphatic rings. The molecule has 2 aromatic carbocycles. The second kappa shape index (κ2) is 9.06. The Morgan fingerprint density at radius 1 is 1.18 bits per heavy atom. The molecule has 1 N–H and O–H groups in total. The Kier molecular flexibility index (Phi) is 6.52. The van der Waals surface area contributed by atoms with E-state index in [4.69, 9.17) is 9.47 Å². The molecule has 0 aromatic heterocycles. The average Bonchev–Trinajstić information content (AvgIpc) is 3.53. The van der Waals surface area contributed by atoms with Crippen molar-refractivity contribution in [3.05, 3.63) is 58.9 Å². The molecule has 6 heteroatoms. The topological polar surface area (TPSA) is 50.8 Å². The van der Waals surface area contributed by atoms with Crippen LogP contribution in [0, 0.1) is 12.7 Å². The standard InChI is InChI=1S/C22H27FN2O3/c1-15-4-5-16(10-20(15)23)12-24-22(26)14-25(18-6-7-18)13-17-11-19(27-2)8-9-21(17)28-3/h4-5,8-11,18H,6-7,12-14H2,1-3H3,(H,24,26). The number of carbonyl (C=O) groups is 1. The van der Waals surface area contributed by atoms with Crippen LogP contribution in [0.15, 0.2) is 36.4 Å². The van der Waals surface area contributed by atoms with Crippen molar-refractivity contribution >= 4 is 5.91 Å². The fourth-order valence-corrected chi connectivity index (χ4v) is 3.17. The minimum Gasteiger partial charge on any atom is -0.497 e. The number of nitrogens with zero attached hydrogens (tertiary/aromatic N) is 1. The molecule has 0 unspecified atom stereocenters. The second-order valence-electron chi connectivity index (χ2n) is 7.17. The van der Waals surface area contributed by atoms with Crippen molar-refractivity contribution in [2.45, 2.75) is 38.9 Å². The lowest BCUT2D eigenvalue weighted by Crippen LogP contribution is -2.38. The number of hydrogen-bond donors (Lipinski definition) is 1. The van der Waals surface area contributed by atoms with Gasteiger partial charge in [0, 0.05) is 24.7 Å². The van der Waals surface area contributed by atoms with Crippen LogP contribution in [0.5, 0.6) is 11.5 Å². The number of benzene rings is 2. The van der Waals surface area contributed by atoms with Gasteiger partial charge in [0.15, 0.2) is 0 Å². The Labute approximate surface area is 165 Å². The molecule has 0 aliphatic heterocycles. The van der Waals surface area contributed by atoms with Crippen LogP contribution in [0.4, 0.5) is 4.39 Å². The van der Waals surface area contributed by atoms with Crippen LogP contribution in [0.2, 0.25) is 0 Å². The molecule has 0 saturated heterocycles. The summed E-state index contributed by atoms with van der Waals surface area (Å²) in [7, 11) is 3.27. The van der Waals surface area contributed by atoms with Crippen LogP contribution < -0.4 is 14.8 Å². The fourth-order valence-electron chi connectivity index (χ4n) is 3.17. The number of nitrogens with one attached hydrogen (secondary N) is 1. The van der Waals surface area contributed by atoms with Gasteiger partial charge < -0.3 is 14.8 Å². The van der Waals surface area contributed by atoms with Crippen molar-refractivity contribution in [2.75, 3.05) is 20.8 Å². The highest BCUT2D eigenvalue weighted by molar-refractivity contribution is 5.78. The second-order valence-corrected chi connectivity index (χ2v) is 7.17. The summed E-state index contributed by atoms with van der Waals surface area (Å²) in [6.45, 7) is 2.94. The first-order valence-corrected chi connectivity index (χ1v) is 9.47. The Hall–Kier alpha value is -2.60. The maximum absolute atomic E-state index is 13.7. The highest BCUT2D eigenvalue weighted by Gasteiger charge is 2.31.